The Bertz CT molecular complexity index is 1930. The minimum atomic E-state index is -0.986. The summed E-state index contributed by atoms with van der Waals surface area (Å²) < 4.78 is 18.0. The number of nitrogens with zero attached hydrogens (tertiary/aromatic N) is 1. The Hall–Kier alpha value is -2.87. The molecule has 1 amide bonds. The van der Waals surface area contributed by atoms with E-state index in [1.54, 1.807) is 18.7 Å². The first kappa shape index (κ1) is 48.6. The molecule has 0 unspecified atom stereocenters. The van der Waals surface area contributed by atoms with Crippen LogP contribution in [0.1, 0.15) is 180 Å². The Kier molecular flexibility index (Phi) is 13.0. The first-order valence-corrected chi connectivity index (χ1v) is 24.2. The number of carbonyl (C=O) groups is 4. The maximum Gasteiger partial charge on any atom is 0.410 e. The van der Waals surface area contributed by atoms with Gasteiger partial charge in [0.1, 0.15) is 17.3 Å². The van der Waals surface area contributed by atoms with E-state index in [0.717, 1.165) is 69.8 Å². The average molecular weight is 879 g/mol. The monoisotopic (exact) mass is 878 g/mol. The highest BCUT2D eigenvalue weighted by molar-refractivity contribution is 6.30. The first-order chi connectivity index (χ1) is 28.4. The molecule has 4 fully saturated rings. The zero-order chi connectivity index (χ0) is 46.2. The summed E-state index contributed by atoms with van der Waals surface area (Å²) in [4.78, 5) is 57.3. The van der Waals surface area contributed by atoms with Crippen LogP contribution in [0.5, 0.6) is 0 Å². The number of ether oxygens (including phenoxy) is 3. The SMILES string of the molecule is CC(C)C1=C2[C@H]3CC[C@@H]4[C@@]5(C)CC[C@H](OC(=O)CC(C)(C)C(=O)OC(C)(C)C)C(C)(C)[C@@H]5CC[C@@]4(C)[C@]3(C)CC[C@@]2(C(=O)CN(Cc2ccc(Cl)cc2)C(=O)OC(C)(C)C)CC1. The molecule has 0 heterocycles. The van der Waals surface area contributed by atoms with Gasteiger partial charge in [0.05, 0.1) is 23.8 Å². The van der Waals surface area contributed by atoms with E-state index in [1.807, 2.05) is 65.8 Å². The van der Waals surface area contributed by atoms with E-state index in [1.165, 1.54) is 11.1 Å². The number of esters is 2. The molecule has 5 aliphatic rings. The number of allylic oxidation sites excluding steroid dienone is 2. The number of Topliss-reactive ketones (excluding diaryl/α,β-unsaturated/α-hetero) is 1. The van der Waals surface area contributed by atoms with Gasteiger partial charge in [0, 0.05) is 17.0 Å². The maximum atomic E-state index is 15.3. The predicted octanol–water partition coefficient (Wildman–Crippen LogP) is 13.1. The first-order valence-electron chi connectivity index (χ1n) is 23.8. The van der Waals surface area contributed by atoms with Crippen molar-refractivity contribution >= 4 is 35.4 Å². The van der Waals surface area contributed by atoms with Crippen LogP contribution in [-0.2, 0) is 35.1 Å². The summed E-state index contributed by atoms with van der Waals surface area (Å²) in [5.74, 6) is 0.935. The molecule has 6 rings (SSSR count). The van der Waals surface area contributed by atoms with Crippen molar-refractivity contribution in [3.63, 3.8) is 0 Å². The van der Waals surface area contributed by atoms with Crippen LogP contribution in [0.3, 0.4) is 0 Å². The Morgan fingerprint density at radius 2 is 1.39 bits per heavy atom. The lowest BCUT2D eigenvalue weighted by Crippen LogP contribution is -2.66. The van der Waals surface area contributed by atoms with Crippen LogP contribution < -0.4 is 0 Å². The minimum Gasteiger partial charge on any atom is -0.462 e. The fourth-order valence-electron chi connectivity index (χ4n) is 14.0. The van der Waals surface area contributed by atoms with Gasteiger partial charge < -0.3 is 14.2 Å². The van der Waals surface area contributed by atoms with Crippen molar-refractivity contribution in [1.29, 1.82) is 0 Å². The van der Waals surface area contributed by atoms with E-state index >= 15 is 4.79 Å². The van der Waals surface area contributed by atoms with Gasteiger partial charge in [-0.25, -0.2) is 4.79 Å². The topological polar surface area (TPSA) is 99.2 Å². The molecule has 346 valence electrons. The van der Waals surface area contributed by atoms with Crippen LogP contribution >= 0.6 is 11.6 Å². The van der Waals surface area contributed by atoms with Crippen molar-refractivity contribution in [2.24, 2.45) is 56.2 Å². The van der Waals surface area contributed by atoms with Gasteiger partial charge in [-0.1, -0.05) is 83.3 Å². The van der Waals surface area contributed by atoms with Gasteiger partial charge in [0.15, 0.2) is 5.78 Å². The predicted molar refractivity (Wildman–Crippen MR) is 246 cm³/mol. The summed E-state index contributed by atoms with van der Waals surface area (Å²) >= 11 is 6.23. The van der Waals surface area contributed by atoms with Gasteiger partial charge in [0.25, 0.3) is 0 Å². The highest BCUT2D eigenvalue weighted by Gasteiger charge is 2.70. The van der Waals surface area contributed by atoms with Crippen LogP contribution in [0, 0.1) is 56.2 Å². The van der Waals surface area contributed by atoms with Crippen LogP contribution in [0.25, 0.3) is 0 Å². The molecule has 0 radical (unpaired) electrons. The van der Waals surface area contributed by atoms with E-state index in [2.05, 4.69) is 48.5 Å². The van der Waals surface area contributed by atoms with Crippen molar-refractivity contribution in [3.8, 4) is 0 Å². The molecule has 0 N–H and O–H groups in total. The second-order valence-electron chi connectivity index (χ2n) is 24.6. The second kappa shape index (κ2) is 16.5. The lowest BCUT2D eigenvalue weighted by Gasteiger charge is -2.72. The molecule has 0 spiro atoms. The van der Waals surface area contributed by atoms with Gasteiger partial charge >= 0.3 is 18.0 Å². The molecule has 0 aliphatic heterocycles. The molecule has 9 heteroatoms. The summed E-state index contributed by atoms with van der Waals surface area (Å²) in [6.45, 7) is 31.9. The second-order valence-corrected chi connectivity index (χ2v) is 25.0. The third-order valence-electron chi connectivity index (χ3n) is 17.2. The molecule has 8 atom stereocenters. The van der Waals surface area contributed by atoms with Crippen molar-refractivity contribution in [1.82, 2.24) is 4.90 Å². The van der Waals surface area contributed by atoms with E-state index in [4.69, 9.17) is 25.8 Å². The zero-order valence-corrected chi connectivity index (χ0v) is 41.8. The summed E-state index contributed by atoms with van der Waals surface area (Å²) in [7, 11) is 0. The van der Waals surface area contributed by atoms with Crippen molar-refractivity contribution in [2.75, 3.05) is 6.54 Å². The largest absolute Gasteiger partial charge is 0.462 e. The average Bonchev–Trinajstić information content (AvgIpc) is 3.53. The number of benzene rings is 1. The fraction of sp³-hybridized carbons (Fsp3) is 0.774. The fourth-order valence-corrected chi connectivity index (χ4v) is 14.1. The van der Waals surface area contributed by atoms with Crippen molar-refractivity contribution in [2.45, 2.75) is 198 Å². The normalized spacial score (nSPS) is 33.1. The Morgan fingerprint density at radius 1 is 0.758 bits per heavy atom. The van der Waals surface area contributed by atoms with Gasteiger partial charge in [0.2, 0.25) is 0 Å². The molecular formula is C53H80ClNO7. The molecule has 4 saturated carbocycles. The van der Waals surface area contributed by atoms with E-state index < -0.39 is 28.1 Å². The summed E-state index contributed by atoms with van der Waals surface area (Å²) in [5, 5.41) is 0.625. The number of halogens is 1. The molecule has 62 heavy (non-hydrogen) atoms. The standard InChI is InChI=1S/C53H80ClNO7/c1-33(2)36-22-27-53(40(56)32-55(45(59)62-47(6,7)8)31-34-16-18-35(54)19-17-34)29-28-51(14)37(43(36)53)20-21-39-50(13)25-24-41(49(11,12)38(50)23-26-52(39,51)15)60-42(57)30-48(9,10)44(58)61-46(3,4)5/h16-19,33,37-39,41H,20-32H2,1-15H3/t37-,38+,39-,41+,50+,51-,52-,53-/m1/s1. The highest BCUT2D eigenvalue weighted by atomic mass is 35.5. The maximum absolute atomic E-state index is 15.3. The number of carbonyl (C=O) groups excluding carboxylic acids is 4. The molecule has 1 aromatic rings. The van der Waals surface area contributed by atoms with Crippen LogP contribution in [-0.4, -0.2) is 52.6 Å². The molecule has 1 aromatic carbocycles. The summed E-state index contributed by atoms with van der Waals surface area (Å²) in [6, 6.07) is 7.47. The molecule has 5 aliphatic carbocycles. The van der Waals surface area contributed by atoms with Crippen molar-refractivity contribution in [3.05, 3.63) is 46.0 Å². The van der Waals surface area contributed by atoms with E-state index in [0.29, 0.717) is 28.7 Å². The van der Waals surface area contributed by atoms with Crippen LogP contribution in [0.15, 0.2) is 35.4 Å². The number of amides is 1. The molecular weight excluding hydrogens is 798 g/mol. The van der Waals surface area contributed by atoms with E-state index in [9.17, 15) is 14.4 Å². The number of fused-ring (bicyclic) bond motifs is 7. The van der Waals surface area contributed by atoms with Gasteiger partial charge in [-0.2, -0.15) is 0 Å². The summed E-state index contributed by atoms with van der Waals surface area (Å²) in [5.41, 5.74) is 0.767. The lowest BCUT2D eigenvalue weighted by molar-refractivity contribution is -0.233. The quantitative estimate of drug-likeness (QED) is 0.131. The molecule has 0 saturated heterocycles. The van der Waals surface area contributed by atoms with Gasteiger partial charge in [-0.05, 0) is 177 Å². The number of rotatable bonds is 10. The van der Waals surface area contributed by atoms with Crippen molar-refractivity contribution < 1.29 is 33.4 Å². The number of hydrogen-bond acceptors (Lipinski definition) is 7. The third-order valence-corrected chi connectivity index (χ3v) is 17.5. The number of ketones is 1. The van der Waals surface area contributed by atoms with E-state index in [-0.39, 0.29) is 65.0 Å². The molecule has 8 nitrogen and oxygen atoms in total. The van der Waals surface area contributed by atoms with Crippen LogP contribution in [0.2, 0.25) is 5.02 Å². The Morgan fingerprint density at radius 3 is 1.98 bits per heavy atom. The molecule has 0 aromatic heterocycles. The Balaban J connectivity index is 1.25. The smallest absolute Gasteiger partial charge is 0.410 e. The summed E-state index contributed by atoms with van der Waals surface area (Å²) in [6.07, 6.45) is 8.92. The van der Waals surface area contributed by atoms with Gasteiger partial charge in [-0.15, -0.1) is 0 Å². The third kappa shape index (κ3) is 8.79. The zero-order valence-electron chi connectivity index (χ0n) is 41.1. The lowest BCUT2D eigenvalue weighted by atomic mass is 9.33. The highest BCUT2D eigenvalue weighted by Crippen LogP contribution is 2.77. The van der Waals surface area contributed by atoms with Crippen LogP contribution in [0.4, 0.5) is 4.79 Å². The van der Waals surface area contributed by atoms with Gasteiger partial charge in [-0.3, -0.25) is 19.3 Å². The Labute approximate surface area is 379 Å². The molecule has 0 bridgehead atoms. The number of hydrogen-bond donors (Lipinski definition) is 0. The minimum absolute atomic E-state index is 0.00233.